The Hall–Kier alpha value is -0.910. The molecule has 2 fully saturated rings. The highest BCUT2D eigenvalue weighted by Crippen LogP contribution is 2.29. The van der Waals surface area contributed by atoms with Gasteiger partial charge in [0.15, 0.2) is 0 Å². The summed E-state index contributed by atoms with van der Waals surface area (Å²) in [5.41, 5.74) is 1.27. The van der Waals surface area contributed by atoms with Crippen molar-refractivity contribution in [3.05, 3.63) is 22.4 Å². The van der Waals surface area contributed by atoms with Gasteiger partial charge in [-0.15, -0.1) is 0 Å². The van der Waals surface area contributed by atoms with Crippen molar-refractivity contribution in [1.82, 2.24) is 15.1 Å². The minimum absolute atomic E-state index is 0.306. The van der Waals surface area contributed by atoms with E-state index in [0.29, 0.717) is 18.5 Å². The van der Waals surface area contributed by atoms with E-state index in [9.17, 15) is 4.79 Å². The van der Waals surface area contributed by atoms with Crippen LogP contribution in [0.25, 0.3) is 0 Å². The highest BCUT2D eigenvalue weighted by atomic mass is 32.1. The number of thiophene rings is 1. The molecule has 1 aliphatic carbocycles. The van der Waals surface area contributed by atoms with Gasteiger partial charge in [-0.2, -0.15) is 11.3 Å². The van der Waals surface area contributed by atoms with Gasteiger partial charge in [0.25, 0.3) is 0 Å². The molecule has 2 heterocycles. The monoisotopic (exact) mass is 293 g/mol. The van der Waals surface area contributed by atoms with Crippen LogP contribution >= 0.6 is 11.3 Å². The fourth-order valence-electron chi connectivity index (χ4n) is 2.73. The highest BCUT2D eigenvalue weighted by molar-refractivity contribution is 7.07. The molecule has 3 rings (SSSR count). The zero-order valence-electron chi connectivity index (χ0n) is 11.9. The van der Waals surface area contributed by atoms with Crippen LogP contribution in [0, 0.1) is 0 Å². The maximum atomic E-state index is 12.6. The fraction of sp³-hybridized carbons (Fsp3) is 0.667. The first-order chi connectivity index (χ1) is 9.83. The Balaban J connectivity index is 1.57. The lowest BCUT2D eigenvalue weighted by molar-refractivity contribution is -0.133. The molecule has 5 heteroatoms. The first kappa shape index (κ1) is 14.0. The van der Waals surface area contributed by atoms with Crippen molar-refractivity contribution in [3.8, 4) is 0 Å². The van der Waals surface area contributed by atoms with Crippen LogP contribution in [0.1, 0.15) is 24.8 Å². The summed E-state index contributed by atoms with van der Waals surface area (Å²) in [4.78, 5) is 17.0. The maximum Gasteiger partial charge on any atom is 0.237 e. The van der Waals surface area contributed by atoms with Gasteiger partial charge in [-0.3, -0.25) is 9.69 Å². The predicted molar refractivity (Wildman–Crippen MR) is 81.8 cm³/mol. The molecule has 1 saturated heterocycles. The molecule has 1 aliphatic heterocycles. The van der Waals surface area contributed by atoms with Crippen LogP contribution in [0.4, 0.5) is 0 Å². The van der Waals surface area contributed by atoms with Crippen molar-refractivity contribution in [2.45, 2.75) is 31.8 Å². The molecule has 1 aromatic heterocycles. The Morgan fingerprint density at radius 1 is 1.40 bits per heavy atom. The third-order valence-electron chi connectivity index (χ3n) is 4.03. The summed E-state index contributed by atoms with van der Waals surface area (Å²) in [6.07, 6.45) is 3.50. The van der Waals surface area contributed by atoms with Gasteiger partial charge in [0.1, 0.15) is 0 Å². The molecule has 0 unspecified atom stereocenters. The lowest BCUT2D eigenvalue weighted by Gasteiger charge is -2.26. The van der Waals surface area contributed by atoms with Gasteiger partial charge in [0, 0.05) is 25.7 Å². The molecule has 0 spiro atoms. The maximum absolute atomic E-state index is 12.6. The first-order valence-corrected chi connectivity index (χ1v) is 8.51. The zero-order valence-corrected chi connectivity index (χ0v) is 12.7. The fourth-order valence-corrected chi connectivity index (χ4v) is 3.39. The van der Waals surface area contributed by atoms with Crippen molar-refractivity contribution in [3.63, 3.8) is 0 Å². The second-order valence-corrected chi connectivity index (χ2v) is 6.54. The van der Waals surface area contributed by atoms with E-state index in [4.69, 9.17) is 0 Å². The lowest BCUT2D eigenvalue weighted by Crippen LogP contribution is -2.42. The van der Waals surface area contributed by atoms with Crippen molar-refractivity contribution in [2.75, 3.05) is 32.7 Å². The zero-order chi connectivity index (χ0) is 13.8. The molecule has 0 aromatic carbocycles. The summed E-state index contributed by atoms with van der Waals surface area (Å²) < 4.78 is 0. The summed E-state index contributed by atoms with van der Waals surface area (Å²) in [5.74, 6) is 0.306. The number of hydrogen-bond donors (Lipinski definition) is 1. The molecule has 110 valence electrons. The van der Waals surface area contributed by atoms with E-state index in [2.05, 4.69) is 31.9 Å². The standard InChI is InChI=1S/C15H23N3OS/c19-15(11-17-7-1-5-16-6-8-17)18(14-2-3-14)10-13-4-9-20-12-13/h4,9,12,14,16H,1-3,5-8,10-11H2. The molecule has 0 bridgehead atoms. The smallest absolute Gasteiger partial charge is 0.237 e. The molecule has 4 nitrogen and oxygen atoms in total. The Bertz CT molecular complexity index is 422. The lowest BCUT2D eigenvalue weighted by atomic mass is 10.3. The second kappa shape index (κ2) is 6.70. The molecule has 0 radical (unpaired) electrons. The van der Waals surface area contributed by atoms with Gasteiger partial charge in [-0.05, 0) is 54.7 Å². The van der Waals surface area contributed by atoms with E-state index in [1.54, 1.807) is 11.3 Å². The van der Waals surface area contributed by atoms with E-state index >= 15 is 0 Å². The van der Waals surface area contributed by atoms with Crippen LogP contribution in [0.3, 0.4) is 0 Å². The topological polar surface area (TPSA) is 35.6 Å². The van der Waals surface area contributed by atoms with Crippen LogP contribution < -0.4 is 5.32 Å². The molecule has 0 atom stereocenters. The van der Waals surface area contributed by atoms with Gasteiger partial charge in [0.2, 0.25) is 5.91 Å². The van der Waals surface area contributed by atoms with Gasteiger partial charge in [0.05, 0.1) is 6.54 Å². The number of carbonyl (C=O) groups is 1. The molecule has 2 aliphatic rings. The summed E-state index contributed by atoms with van der Waals surface area (Å²) >= 11 is 1.71. The van der Waals surface area contributed by atoms with Gasteiger partial charge in [-0.25, -0.2) is 0 Å². The molecular formula is C15H23N3OS. The van der Waals surface area contributed by atoms with Crippen molar-refractivity contribution < 1.29 is 4.79 Å². The highest BCUT2D eigenvalue weighted by Gasteiger charge is 2.33. The van der Waals surface area contributed by atoms with E-state index in [-0.39, 0.29) is 0 Å². The number of rotatable bonds is 5. The molecule has 1 amide bonds. The molecule has 1 saturated carbocycles. The van der Waals surface area contributed by atoms with Crippen molar-refractivity contribution >= 4 is 17.2 Å². The molecule has 1 aromatic rings. The third kappa shape index (κ3) is 3.81. The van der Waals surface area contributed by atoms with Gasteiger partial charge in [-0.1, -0.05) is 0 Å². The minimum Gasteiger partial charge on any atom is -0.334 e. The summed E-state index contributed by atoms with van der Waals surface area (Å²) in [7, 11) is 0. The Morgan fingerprint density at radius 2 is 2.30 bits per heavy atom. The Kier molecular flexibility index (Phi) is 4.70. The third-order valence-corrected chi connectivity index (χ3v) is 4.76. The van der Waals surface area contributed by atoms with E-state index in [1.165, 1.54) is 18.4 Å². The van der Waals surface area contributed by atoms with Crippen LogP contribution in [0.2, 0.25) is 0 Å². The van der Waals surface area contributed by atoms with E-state index in [0.717, 1.165) is 39.1 Å². The SMILES string of the molecule is O=C(CN1CCCNCC1)N(Cc1ccsc1)C1CC1. The van der Waals surface area contributed by atoms with E-state index in [1.807, 2.05) is 0 Å². The predicted octanol–water partition coefficient (Wildman–Crippen LogP) is 1.53. The van der Waals surface area contributed by atoms with Gasteiger partial charge >= 0.3 is 0 Å². The van der Waals surface area contributed by atoms with Crippen LogP contribution in [0.5, 0.6) is 0 Å². The number of amides is 1. The van der Waals surface area contributed by atoms with Crippen LogP contribution in [-0.4, -0.2) is 54.5 Å². The summed E-state index contributed by atoms with van der Waals surface area (Å²) in [6.45, 7) is 5.48. The number of nitrogens with one attached hydrogen (secondary N) is 1. The average molecular weight is 293 g/mol. The minimum atomic E-state index is 0.306. The Labute approximate surface area is 124 Å². The Morgan fingerprint density at radius 3 is 3.05 bits per heavy atom. The van der Waals surface area contributed by atoms with Crippen LogP contribution in [-0.2, 0) is 11.3 Å². The summed E-state index contributed by atoms with van der Waals surface area (Å²) in [6, 6.07) is 2.62. The van der Waals surface area contributed by atoms with Crippen LogP contribution in [0.15, 0.2) is 16.8 Å². The molecule has 1 N–H and O–H groups in total. The number of hydrogen-bond acceptors (Lipinski definition) is 4. The largest absolute Gasteiger partial charge is 0.334 e. The summed E-state index contributed by atoms with van der Waals surface area (Å²) in [5, 5.41) is 7.63. The van der Waals surface area contributed by atoms with Crippen molar-refractivity contribution in [2.24, 2.45) is 0 Å². The number of nitrogens with zero attached hydrogens (tertiary/aromatic N) is 2. The second-order valence-electron chi connectivity index (χ2n) is 5.76. The quantitative estimate of drug-likeness (QED) is 0.894. The molecular weight excluding hydrogens is 270 g/mol. The molecule has 20 heavy (non-hydrogen) atoms. The normalized spacial score (nSPS) is 20.6. The van der Waals surface area contributed by atoms with Crippen molar-refractivity contribution in [1.29, 1.82) is 0 Å². The van der Waals surface area contributed by atoms with E-state index < -0.39 is 0 Å². The number of carbonyl (C=O) groups excluding carboxylic acids is 1. The van der Waals surface area contributed by atoms with Gasteiger partial charge < -0.3 is 10.2 Å². The first-order valence-electron chi connectivity index (χ1n) is 7.56. The average Bonchev–Trinajstić information content (AvgIpc) is 3.21.